The number of carbonyl (C=O) groups excluding carboxylic acids is 4. The number of nitrogens with one attached hydrogen (secondary N) is 1. The molecule has 13 heteroatoms. The van der Waals surface area contributed by atoms with Crippen LogP contribution in [0.5, 0.6) is 0 Å². The first kappa shape index (κ1) is 37.6. The number of ketones is 1. The molecule has 0 spiro atoms. The third kappa shape index (κ3) is 10.6. The Bertz CT molecular complexity index is 1500. The first-order chi connectivity index (χ1) is 22.3. The first-order valence-electron chi connectivity index (χ1n) is 16.2. The summed E-state index contributed by atoms with van der Waals surface area (Å²) >= 11 is 0. The third-order valence-electron chi connectivity index (χ3n) is 8.38. The molecule has 1 aromatic rings. The van der Waals surface area contributed by atoms with Gasteiger partial charge < -0.3 is 24.3 Å². The maximum absolute atomic E-state index is 14.0. The molecule has 0 radical (unpaired) electrons. The zero-order valence-corrected chi connectivity index (χ0v) is 29.0. The molecule has 47 heavy (non-hydrogen) atoms. The number of sulfone groups is 1. The lowest BCUT2D eigenvalue weighted by Crippen LogP contribution is -2.50. The van der Waals surface area contributed by atoms with Crippen molar-refractivity contribution in [3.8, 4) is 0 Å². The Balaban J connectivity index is 2.01. The predicted octanol–water partition coefficient (Wildman–Crippen LogP) is 3.07. The van der Waals surface area contributed by atoms with Gasteiger partial charge in [0.25, 0.3) is 5.91 Å². The molecular formula is C34H48N4O8S. The van der Waals surface area contributed by atoms with Gasteiger partial charge >= 0.3 is 5.97 Å². The van der Waals surface area contributed by atoms with Crippen LogP contribution in [0.25, 0.3) is 0 Å². The monoisotopic (exact) mass is 672 g/mol. The van der Waals surface area contributed by atoms with Gasteiger partial charge in [-0.25, -0.2) is 18.2 Å². The number of esters is 1. The molecule has 2 amide bonds. The number of hydrogen-bond donors (Lipinski definition) is 1. The Morgan fingerprint density at radius 3 is 2.51 bits per heavy atom. The van der Waals surface area contributed by atoms with Crippen molar-refractivity contribution in [3.05, 3.63) is 66.0 Å². The maximum Gasteiger partial charge on any atom is 0.330 e. The van der Waals surface area contributed by atoms with Crippen LogP contribution in [0.15, 0.2) is 58.8 Å². The summed E-state index contributed by atoms with van der Waals surface area (Å²) in [5.41, 5.74) is 0.711. The summed E-state index contributed by atoms with van der Waals surface area (Å²) in [6, 6.07) is -1.42. The van der Waals surface area contributed by atoms with E-state index in [1.807, 2.05) is 39.5 Å². The summed E-state index contributed by atoms with van der Waals surface area (Å²) in [6.07, 6.45) is 11.5. The first-order valence-corrected chi connectivity index (χ1v) is 17.9. The lowest BCUT2D eigenvalue weighted by atomic mass is 9.94. The van der Waals surface area contributed by atoms with E-state index in [-0.39, 0.29) is 60.9 Å². The van der Waals surface area contributed by atoms with E-state index in [0.717, 1.165) is 11.8 Å². The molecule has 0 saturated carbocycles. The molecule has 258 valence electrons. The Kier molecular flexibility index (Phi) is 13.9. The van der Waals surface area contributed by atoms with Crippen LogP contribution < -0.4 is 5.32 Å². The van der Waals surface area contributed by atoms with Crippen LogP contribution in [-0.2, 0) is 35.4 Å². The van der Waals surface area contributed by atoms with Crippen molar-refractivity contribution in [1.29, 1.82) is 0 Å². The van der Waals surface area contributed by atoms with Crippen molar-refractivity contribution >= 4 is 33.4 Å². The van der Waals surface area contributed by atoms with Gasteiger partial charge in [-0.15, -0.1) is 0 Å². The molecule has 0 aromatic carbocycles. The van der Waals surface area contributed by atoms with Gasteiger partial charge in [-0.1, -0.05) is 70.6 Å². The fourth-order valence-electron chi connectivity index (χ4n) is 5.67. The van der Waals surface area contributed by atoms with E-state index >= 15 is 0 Å². The number of carbonyl (C=O) groups is 4. The molecule has 2 bridgehead atoms. The van der Waals surface area contributed by atoms with Crippen LogP contribution in [0.2, 0.25) is 0 Å². The highest BCUT2D eigenvalue weighted by atomic mass is 32.2. The highest BCUT2D eigenvalue weighted by Crippen LogP contribution is 2.30. The van der Waals surface area contributed by atoms with Crippen molar-refractivity contribution in [3.63, 3.8) is 0 Å². The summed E-state index contributed by atoms with van der Waals surface area (Å²) in [5.74, 6) is -2.95. The third-order valence-corrected chi connectivity index (χ3v) is 10.6. The number of hydrogen-bond acceptors (Lipinski definition) is 10. The fourth-order valence-corrected chi connectivity index (χ4v) is 7.60. The van der Waals surface area contributed by atoms with Crippen molar-refractivity contribution < 1.29 is 36.7 Å². The van der Waals surface area contributed by atoms with Crippen LogP contribution in [0.4, 0.5) is 0 Å². The predicted molar refractivity (Wildman–Crippen MR) is 178 cm³/mol. The van der Waals surface area contributed by atoms with Crippen LogP contribution in [0, 0.1) is 11.8 Å². The number of oxazole rings is 1. The van der Waals surface area contributed by atoms with Gasteiger partial charge in [-0.05, 0) is 44.5 Å². The van der Waals surface area contributed by atoms with E-state index < -0.39 is 45.0 Å². The molecule has 4 atom stereocenters. The highest BCUT2D eigenvalue weighted by Gasteiger charge is 2.50. The molecule has 1 N–H and O–H groups in total. The maximum atomic E-state index is 14.0. The Morgan fingerprint density at radius 2 is 1.83 bits per heavy atom. The van der Waals surface area contributed by atoms with Gasteiger partial charge in [-0.2, -0.15) is 0 Å². The van der Waals surface area contributed by atoms with Crippen LogP contribution in [0.1, 0.15) is 64.3 Å². The molecular weight excluding hydrogens is 624 g/mol. The van der Waals surface area contributed by atoms with Crippen molar-refractivity contribution in [2.45, 2.75) is 71.8 Å². The number of rotatable bonds is 7. The summed E-state index contributed by atoms with van der Waals surface area (Å²) in [6.45, 7) is 13.2. The number of fused-ring (bicyclic) bond motifs is 3. The van der Waals surface area contributed by atoms with Crippen molar-refractivity contribution in [2.75, 3.05) is 38.5 Å². The minimum Gasteiger partial charge on any atom is -0.460 e. The van der Waals surface area contributed by atoms with Crippen molar-refractivity contribution in [1.82, 2.24) is 20.1 Å². The van der Waals surface area contributed by atoms with E-state index in [1.165, 1.54) is 17.1 Å². The number of allylic oxidation sites excluding steroid dienone is 5. The summed E-state index contributed by atoms with van der Waals surface area (Å²) in [7, 11) is -3.85. The van der Waals surface area contributed by atoms with Gasteiger partial charge in [0.15, 0.2) is 21.3 Å². The van der Waals surface area contributed by atoms with Gasteiger partial charge in [0.1, 0.15) is 18.4 Å². The highest BCUT2D eigenvalue weighted by molar-refractivity contribution is 7.92. The lowest BCUT2D eigenvalue weighted by Gasteiger charge is -2.31. The van der Waals surface area contributed by atoms with Gasteiger partial charge in [0, 0.05) is 25.6 Å². The zero-order chi connectivity index (χ0) is 34.7. The molecule has 2 aliphatic heterocycles. The lowest BCUT2D eigenvalue weighted by molar-refractivity contribution is -0.157. The molecule has 12 nitrogen and oxygen atoms in total. The van der Waals surface area contributed by atoms with Crippen LogP contribution in [-0.4, -0.2) is 103 Å². The normalized spacial score (nSPS) is 27.1. The number of ether oxygens (including phenoxy) is 1. The second-order valence-corrected chi connectivity index (χ2v) is 14.6. The SMILES string of the molecule is CCN(CC)CCS(=O)(=O)[C@@H]1CCN2C(=O)c3coc(n3)CC(=O)\C=C/C=C(C)/C=C/CNC(=O)/C=C/[C@@H](C)C(C(C)C)OC(=O)[C@@H]12. The van der Waals surface area contributed by atoms with E-state index in [1.54, 1.807) is 37.3 Å². The van der Waals surface area contributed by atoms with Gasteiger partial charge in [0.2, 0.25) is 11.8 Å². The van der Waals surface area contributed by atoms with Crippen LogP contribution in [0.3, 0.4) is 0 Å². The average molecular weight is 673 g/mol. The Hall–Kier alpha value is -3.84. The zero-order valence-electron chi connectivity index (χ0n) is 28.2. The molecule has 0 aliphatic carbocycles. The van der Waals surface area contributed by atoms with Crippen molar-refractivity contribution in [2.24, 2.45) is 11.8 Å². The number of nitrogens with zero attached hydrogens (tertiary/aromatic N) is 3. The number of cyclic esters (lactones) is 1. The minimum atomic E-state index is -3.85. The summed E-state index contributed by atoms with van der Waals surface area (Å²) in [5, 5.41) is 1.58. The number of amides is 2. The molecule has 3 heterocycles. The van der Waals surface area contributed by atoms with E-state index in [4.69, 9.17) is 9.15 Å². The molecule has 1 saturated heterocycles. The standard InChI is InChI=1S/C34H48N4O8S/c1-7-37(8-2)19-20-47(43,44)28-16-18-38-31(28)34(42)46-32(23(3)4)25(6)14-15-29(40)35-17-10-12-24(5)11-9-13-26(39)21-30-36-27(22-45-30)33(38)41/h9-15,22-23,25,28,31-32H,7-8,16-21H2,1-6H3,(H,35,40)/b12-10+,13-9-,15-14+,24-11+/t25-,28-,31-,32?/m1/s1. The number of aromatic nitrogens is 1. The average Bonchev–Trinajstić information content (AvgIpc) is 3.68. The van der Waals surface area contributed by atoms with E-state index in [9.17, 15) is 27.6 Å². The van der Waals surface area contributed by atoms with E-state index in [0.29, 0.717) is 19.6 Å². The summed E-state index contributed by atoms with van der Waals surface area (Å²) in [4.78, 5) is 60.1. The molecule has 1 unspecified atom stereocenters. The largest absolute Gasteiger partial charge is 0.460 e. The summed E-state index contributed by atoms with van der Waals surface area (Å²) < 4.78 is 38.9. The van der Waals surface area contributed by atoms with E-state index in [2.05, 4.69) is 10.3 Å². The van der Waals surface area contributed by atoms with Gasteiger partial charge in [-0.3, -0.25) is 14.4 Å². The molecule has 1 aromatic heterocycles. The minimum absolute atomic E-state index is 0.0138. The molecule has 1 fully saturated rings. The smallest absolute Gasteiger partial charge is 0.330 e. The second-order valence-electron chi connectivity index (χ2n) is 12.2. The quantitative estimate of drug-likeness (QED) is 0.427. The molecule has 3 rings (SSSR count). The Morgan fingerprint density at radius 1 is 1.11 bits per heavy atom. The topological polar surface area (TPSA) is 156 Å². The van der Waals surface area contributed by atoms with Crippen LogP contribution >= 0.6 is 0 Å². The van der Waals surface area contributed by atoms with Gasteiger partial charge in [0.05, 0.1) is 17.4 Å². The second kappa shape index (κ2) is 17.4. The Labute approximate surface area is 277 Å². The molecule has 2 aliphatic rings. The fraction of sp³-hybridized carbons (Fsp3) is 0.559.